The molecule has 3 aromatic rings. The summed E-state index contributed by atoms with van der Waals surface area (Å²) in [5.74, 6) is -0.988. The summed E-state index contributed by atoms with van der Waals surface area (Å²) in [5, 5.41) is 12.1. The minimum Gasteiger partial charge on any atom is -0.473 e. The second-order valence-electron chi connectivity index (χ2n) is 6.51. The van der Waals surface area contributed by atoms with Crippen LogP contribution in [-0.4, -0.2) is 51.9 Å². The summed E-state index contributed by atoms with van der Waals surface area (Å²) < 4.78 is 60.6. The largest absolute Gasteiger partial charge is 0.473 e. The van der Waals surface area contributed by atoms with Gasteiger partial charge in [-0.3, -0.25) is 0 Å². The Labute approximate surface area is 165 Å². The van der Waals surface area contributed by atoms with E-state index in [0.717, 1.165) is 12.1 Å². The summed E-state index contributed by atoms with van der Waals surface area (Å²) >= 11 is 0. The van der Waals surface area contributed by atoms with Gasteiger partial charge in [0.1, 0.15) is 17.7 Å². The van der Waals surface area contributed by atoms with Crippen LogP contribution in [0.5, 0.6) is 5.88 Å². The molecule has 1 fully saturated rings. The van der Waals surface area contributed by atoms with Crippen molar-refractivity contribution in [2.45, 2.75) is 23.8 Å². The van der Waals surface area contributed by atoms with E-state index in [1.54, 1.807) is 35.3 Å². The number of piperidine rings is 1. The van der Waals surface area contributed by atoms with Crippen molar-refractivity contribution < 1.29 is 21.9 Å². The lowest BCUT2D eigenvalue weighted by Gasteiger charge is -2.31. The summed E-state index contributed by atoms with van der Waals surface area (Å²) in [6.45, 7) is 0.341. The zero-order valence-corrected chi connectivity index (χ0v) is 16.0. The van der Waals surface area contributed by atoms with Crippen LogP contribution in [0.2, 0.25) is 0 Å². The summed E-state index contributed by atoms with van der Waals surface area (Å²) in [6.07, 6.45) is 3.96. The molecule has 0 N–H and O–H groups in total. The van der Waals surface area contributed by atoms with Gasteiger partial charge in [-0.2, -0.15) is 9.40 Å². The lowest BCUT2D eigenvalue weighted by Crippen LogP contribution is -2.41. The van der Waals surface area contributed by atoms with Crippen LogP contribution in [0.15, 0.2) is 53.7 Å². The van der Waals surface area contributed by atoms with Crippen molar-refractivity contribution in [2.24, 2.45) is 0 Å². The normalized spacial score (nSPS) is 16.1. The predicted molar refractivity (Wildman–Crippen MR) is 97.9 cm³/mol. The van der Waals surface area contributed by atoms with Crippen molar-refractivity contribution in [2.75, 3.05) is 13.1 Å². The Kier molecular flexibility index (Phi) is 5.24. The van der Waals surface area contributed by atoms with E-state index in [0.29, 0.717) is 30.6 Å². The molecule has 0 bridgehead atoms. The number of hydrogen-bond donors (Lipinski definition) is 0. The molecule has 0 saturated carbocycles. The number of aromatic nitrogens is 4. The maximum Gasteiger partial charge on any atom is 0.243 e. The maximum atomic E-state index is 13.4. The summed E-state index contributed by atoms with van der Waals surface area (Å²) in [5.41, 5.74) is 0. The lowest BCUT2D eigenvalue weighted by atomic mass is 10.1. The van der Waals surface area contributed by atoms with Crippen LogP contribution in [0.1, 0.15) is 12.8 Å². The quantitative estimate of drug-likeness (QED) is 0.627. The number of ether oxygens (including phenoxy) is 1. The number of halogens is 2. The van der Waals surface area contributed by atoms with E-state index in [4.69, 9.17) is 4.74 Å². The molecular formula is C18H17F2N5O3S. The predicted octanol–water partition coefficient (Wildman–Crippen LogP) is 2.17. The monoisotopic (exact) mass is 421 g/mol. The van der Waals surface area contributed by atoms with Gasteiger partial charge in [0.25, 0.3) is 0 Å². The van der Waals surface area contributed by atoms with Crippen LogP contribution >= 0.6 is 0 Å². The topological polar surface area (TPSA) is 90.2 Å². The third kappa shape index (κ3) is 4.25. The zero-order chi connectivity index (χ0) is 20.4. The van der Waals surface area contributed by atoms with Gasteiger partial charge in [0.2, 0.25) is 15.9 Å². The SMILES string of the molecule is O=S(=O)(c1cc(F)cc(F)c1)N1CCC(Oc2ccc(-n3cccn3)nn2)CC1. The Balaban J connectivity index is 1.38. The van der Waals surface area contributed by atoms with E-state index >= 15 is 0 Å². The summed E-state index contributed by atoms with van der Waals surface area (Å²) in [6, 6.07) is 7.43. The van der Waals surface area contributed by atoms with Gasteiger partial charge in [0.15, 0.2) is 5.82 Å². The summed E-state index contributed by atoms with van der Waals surface area (Å²) in [7, 11) is -3.97. The third-order valence-electron chi connectivity index (χ3n) is 4.53. The first-order valence-corrected chi connectivity index (χ1v) is 10.3. The Bertz CT molecular complexity index is 1060. The molecule has 11 heteroatoms. The number of benzene rings is 1. The molecule has 1 saturated heterocycles. The van der Waals surface area contributed by atoms with Gasteiger partial charge < -0.3 is 4.74 Å². The Morgan fingerprint density at radius 3 is 2.34 bits per heavy atom. The Morgan fingerprint density at radius 1 is 1.03 bits per heavy atom. The van der Waals surface area contributed by atoms with Gasteiger partial charge in [-0.05, 0) is 37.1 Å². The van der Waals surface area contributed by atoms with Gasteiger partial charge in [0, 0.05) is 37.6 Å². The molecule has 2 aromatic heterocycles. The van der Waals surface area contributed by atoms with Crippen LogP contribution < -0.4 is 4.74 Å². The molecule has 3 heterocycles. The molecular weight excluding hydrogens is 404 g/mol. The van der Waals surface area contributed by atoms with E-state index in [2.05, 4.69) is 15.3 Å². The highest BCUT2D eigenvalue weighted by atomic mass is 32.2. The molecule has 1 aliphatic rings. The standard InChI is InChI=1S/C18H17F2N5O3S/c19-13-10-14(20)12-16(11-13)29(26,27)24-8-4-15(5-9-24)28-18-3-2-17(22-23-18)25-7-1-6-21-25/h1-3,6-7,10-12,15H,4-5,8-9H2. The number of rotatable bonds is 5. The fourth-order valence-electron chi connectivity index (χ4n) is 3.09. The van der Waals surface area contributed by atoms with Crippen LogP contribution in [0.3, 0.4) is 0 Å². The molecule has 1 aromatic carbocycles. The lowest BCUT2D eigenvalue weighted by molar-refractivity contribution is 0.128. The fourth-order valence-corrected chi connectivity index (χ4v) is 4.60. The molecule has 29 heavy (non-hydrogen) atoms. The molecule has 8 nitrogen and oxygen atoms in total. The van der Waals surface area contributed by atoms with Gasteiger partial charge in [0.05, 0.1) is 4.90 Å². The van der Waals surface area contributed by atoms with Crippen LogP contribution in [0, 0.1) is 11.6 Å². The average Bonchev–Trinajstić information content (AvgIpc) is 3.23. The molecule has 4 rings (SSSR count). The fraction of sp³-hybridized carbons (Fsp3) is 0.278. The van der Waals surface area contributed by atoms with Crippen molar-refractivity contribution in [3.8, 4) is 11.7 Å². The van der Waals surface area contributed by atoms with Crippen LogP contribution in [0.4, 0.5) is 8.78 Å². The molecule has 0 atom stereocenters. The second-order valence-corrected chi connectivity index (χ2v) is 8.44. The molecule has 0 spiro atoms. The highest BCUT2D eigenvalue weighted by Gasteiger charge is 2.31. The van der Waals surface area contributed by atoms with E-state index in [-0.39, 0.29) is 19.2 Å². The van der Waals surface area contributed by atoms with E-state index < -0.39 is 26.6 Å². The first-order valence-electron chi connectivity index (χ1n) is 8.88. The van der Waals surface area contributed by atoms with E-state index in [1.165, 1.54) is 4.31 Å². The number of hydrogen-bond acceptors (Lipinski definition) is 6. The molecule has 1 aliphatic heterocycles. The summed E-state index contributed by atoms with van der Waals surface area (Å²) in [4.78, 5) is -0.394. The zero-order valence-electron chi connectivity index (χ0n) is 15.1. The van der Waals surface area contributed by atoms with E-state index in [1.807, 2.05) is 0 Å². The Hall–Kier alpha value is -2.92. The second kappa shape index (κ2) is 7.84. The highest BCUT2D eigenvalue weighted by molar-refractivity contribution is 7.89. The molecule has 152 valence electrons. The minimum absolute atomic E-state index is 0.171. The van der Waals surface area contributed by atoms with Crippen molar-refractivity contribution in [3.05, 3.63) is 60.4 Å². The molecule has 0 unspecified atom stereocenters. The van der Waals surface area contributed by atoms with Crippen LogP contribution in [-0.2, 0) is 10.0 Å². The van der Waals surface area contributed by atoms with Crippen molar-refractivity contribution in [1.29, 1.82) is 0 Å². The highest BCUT2D eigenvalue weighted by Crippen LogP contribution is 2.24. The first kappa shape index (κ1) is 19.4. The van der Waals surface area contributed by atoms with Crippen LogP contribution in [0.25, 0.3) is 5.82 Å². The van der Waals surface area contributed by atoms with Crippen molar-refractivity contribution in [1.82, 2.24) is 24.3 Å². The van der Waals surface area contributed by atoms with Gasteiger partial charge >= 0.3 is 0 Å². The Morgan fingerprint density at radius 2 is 1.76 bits per heavy atom. The average molecular weight is 421 g/mol. The molecule has 0 radical (unpaired) electrons. The maximum absolute atomic E-state index is 13.4. The molecule has 0 amide bonds. The number of nitrogens with zero attached hydrogens (tertiary/aromatic N) is 5. The smallest absolute Gasteiger partial charge is 0.243 e. The first-order chi connectivity index (χ1) is 13.9. The van der Waals surface area contributed by atoms with E-state index in [9.17, 15) is 17.2 Å². The van der Waals surface area contributed by atoms with Gasteiger partial charge in [-0.15, -0.1) is 10.2 Å². The number of sulfonamides is 1. The van der Waals surface area contributed by atoms with Gasteiger partial charge in [-0.25, -0.2) is 21.9 Å². The van der Waals surface area contributed by atoms with Gasteiger partial charge in [-0.1, -0.05) is 0 Å². The third-order valence-corrected chi connectivity index (χ3v) is 6.40. The van der Waals surface area contributed by atoms with Crippen molar-refractivity contribution in [3.63, 3.8) is 0 Å². The minimum atomic E-state index is -3.97. The van der Waals surface area contributed by atoms with Crippen molar-refractivity contribution >= 4 is 10.0 Å². The molecule has 0 aliphatic carbocycles.